The maximum Gasteiger partial charge on any atom is 0.248 e. The van der Waals surface area contributed by atoms with Crippen LogP contribution in [0.1, 0.15) is 10.4 Å². The van der Waals surface area contributed by atoms with Gasteiger partial charge in [-0.15, -0.1) is 0 Å². The molecule has 0 fully saturated rings. The number of sulfonamides is 1. The van der Waals surface area contributed by atoms with Crippen molar-refractivity contribution in [2.75, 3.05) is 30.4 Å². The van der Waals surface area contributed by atoms with Crippen LogP contribution in [0.4, 0.5) is 11.4 Å². The maximum absolute atomic E-state index is 11.2. The largest absolute Gasteiger partial charge is 0.397 e. The highest BCUT2D eigenvalue weighted by Crippen LogP contribution is 2.19. The molecule has 7 nitrogen and oxygen atoms in total. The fourth-order valence-electron chi connectivity index (χ4n) is 1.30. The molecule has 0 aromatic heterocycles. The number of nitrogens with two attached hydrogens (primary N) is 2. The van der Waals surface area contributed by atoms with E-state index in [1.54, 1.807) is 6.07 Å². The SMILES string of the molecule is CNS(=O)(=O)CCNc1ccc(C(N)=O)cc1N. The van der Waals surface area contributed by atoms with E-state index in [1.807, 2.05) is 0 Å². The van der Waals surface area contributed by atoms with Gasteiger partial charge in [-0.2, -0.15) is 0 Å². The fourth-order valence-corrected chi connectivity index (χ4v) is 1.87. The lowest BCUT2D eigenvalue weighted by Gasteiger charge is -2.10. The summed E-state index contributed by atoms with van der Waals surface area (Å²) in [6.45, 7) is 0.212. The number of benzene rings is 1. The molecular formula is C10H16N4O3S. The van der Waals surface area contributed by atoms with E-state index >= 15 is 0 Å². The molecule has 0 spiro atoms. The van der Waals surface area contributed by atoms with Gasteiger partial charge in [-0.1, -0.05) is 0 Å². The Bertz CT molecular complexity index is 542. The molecule has 1 aromatic rings. The molecule has 0 atom stereocenters. The highest BCUT2D eigenvalue weighted by molar-refractivity contribution is 7.89. The number of hydrogen-bond acceptors (Lipinski definition) is 5. The monoisotopic (exact) mass is 272 g/mol. The molecule has 0 unspecified atom stereocenters. The molecule has 1 amide bonds. The molecule has 0 heterocycles. The molecule has 1 rings (SSSR count). The molecule has 0 bridgehead atoms. The lowest BCUT2D eigenvalue weighted by molar-refractivity contribution is 0.100. The minimum absolute atomic E-state index is 0.0689. The van der Waals surface area contributed by atoms with Crippen molar-refractivity contribution in [3.8, 4) is 0 Å². The van der Waals surface area contributed by atoms with Crippen LogP contribution in [0.3, 0.4) is 0 Å². The summed E-state index contributed by atoms with van der Waals surface area (Å²) in [7, 11) is -1.90. The second kappa shape index (κ2) is 5.69. The number of carbonyl (C=O) groups excluding carboxylic acids is 1. The van der Waals surface area contributed by atoms with E-state index in [0.29, 0.717) is 16.9 Å². The lowest BCUT2D eigenvalue weighted by atomic mass is 10.1. The van der Waals surface area contributed by atoms with Gasteiger partial charge in [-0.3, -0.25) is 4.79 Å². The number of rotatable bonds is 6. The lowest BCUT2D eigenvalue weighted by Crippen LogP contribution is -2.26. The summed E-state index contributed by atoms with van der Waals surface area (Å²) < 4.78 is 24.6. The van der Waals surface area contributed by atoms with E-state index in [1.165, 1.54) is 19.2 Å². The van der Waals surface area contributed by atoms with E-state index in [2.05, 4.69) is 10.0 Å². The van der Waals surface area contributed by atoms with E-state index in [4.69, 9.17) is 11.5 Å². The summed E-state index contributed by atoms with van der Waals surface area (Å²) in [4.78, 5) is 10.9. The molecule has 100 valence electrons. The van der Waals surface area contributed by atoms with Crippen molar-refractivity contribution >= 4 is 27.3 Å². The average Bonchev–Trinajstić information content (AvgIpc) is 2.31. The Hall–Kier alpha value is -1.80. The molecule has 0 radical (unpaired) electrons. The second-order valence-electron chi connectivity index (χ2n) is 3.62. The zero-order valence-corrected chi connectivity index (χ0v) is 10.8. The summed E-state index contributed by atoms with van der Waals surface area (Å²) in [5.41, 5.74) is 12.0. The quantitative estimate of drug-likeness (QED) is 0.511. The molecule has 8 heteroatoms. The number of nitrogens with one attached hydrogen (secondary N) is 2. The molecule has 1 aromatic carbocycles. The minimum atomic E-state index is -3.25. The van der Waals surface area contributed by atoms with Crippen molar-refractivity contribution in [2.24, 2.45) is 5.73 Å². The first kappa shape index (κ1) is 14.3. The summed E-state index contributed by atoms with van der Waals surface area (Å²) in [6.07, 6.45) is 0. The summed E-state index contributed by atoms with van der Waals surface area (Å²) >= 11 is 0. The Morgan fingerprint density at radius 2 is 2.06 bits per heavy atom. The van der Waals surface area contributed by atoms with Gasteiger partial charge in [0, 0.05) is 12.1 Å². The maximum atomic E-state index is 11.2. The molecule has 0 saturated carbocycles. The van der Waals surface area contributed by atoms with Crippen molar-refractivity contribution in [3.63, 3.8) is 0 Å². The van der Waals surface area contributed by atoms with Gasteiger partial charge in [0.25, 0.3) is 0 Å². The Kier molecular flexibility index (Phi) is 4.51. The average molecular weight is 272 g/mol. The summed E-state index contributed by atoms with van der Waals surface area (Å²) in [5.74, 6) is -0.633. The van der Waals surface area contributed by atoms with Gasteiger partial charge in [0.2, 0.25) is 15.9 Å². The van der Waals surface area contributed by atoms with Crippen molar-refractivity contribution in [2.45, 2.75) is 0 Å². The highest BCUT2D eigenvalue weighted by Gasteiger charge is 2.08. The normalized spacial score (nSPS) is 11.2. The number of anilines is 2. The zero-order chi connectivity index (χ0) is 13.8. The number of amides is 1. The van der Waals surface area contributed by atoms with Gasteiger partial charge in [0.05, 0.1) is 17.1 Å². The van der Waals surface area contributed by atoms with Crippen molar-refractivity contribution < 1.29 is 13.2 Å². The molecule has 0 aliphatic rings. The Morgan fingerprint density at radius 1 is 1.39 bits per heavy atom. The minimum Gasteiger partial charge on any atom is -0.397 e. The second-order valence-corrected chi connectivity index (χ2v) is 5.66. The molecule has 6 N–H and O–H groups in total. The number of primary amides is 1. The van der Waals surface area contributed by atoms with E-state index in [9.17, 15) is 13.2 Å². The van der Waals surface area contributed by atoms with Gasteiger partial charge in [0.1, 0.15) is 0 Å². The molecule has 0 saturated heterocycles. The number of hydrogen-bond donors (Lipinski definition) is 4. The van der Waals surface area contributed by atoms with Crippen LogP contribution in [0.15, 0.2) is 18.2 Å². The van der Waals surface area contributed by atoms with Crippen LogP contribution in [0.25, 0.3) is 0 Å². The third-order valence-electron chi connectivity index (χ3n) is 2.33. The molecular weight excluding hydrogens is 256 g/mol. The van der Waals surface area contributed by atoms with E-state index < -0.39 is 15.9 Å². The third-order valence-corrected chi connectivity index (χ3v) is 3.70. The summed E-state index contributed by atoms with van der Waals surface area (Å²) in [6, 6.07) is 4.55. The van der Waals surface area contributed by atoms with Crippen LogP contribution in [-0.2, 0) is 10.0 Å². The Balaban J connectivity index is 2.67. The van der Waals surface area contributed by atoms with Crippen molar-refractivity contribution in [1.82, 2.24) is 4.72 Å². The van der Waals surface area contributed by atoms with Gasteiger partial charge in [0.15, 0.2) is 0 Å². The van der Waals surface area contributed by atoms with E-state index in [0.717, 1.165) is 0 Å². The molecule has 0 aliphatic carbocycles. The van der Waals surface area contributed by atoms with Crippen molar-refractivity contribution in [3.05, 3.63) is 23.8 Å². The molecule has 0 aliphatic heterocycles. The predicted molar refractivity (Wildman–Crippen MR) is 70.7 cm³/mol. The first-order valence-corrected chi connectivity index (χ1v) is 6.85. The van der Waals surface area contributed by atoms with E-state index in [-0.39, 0.29) is 12.3 Å². The van der Waals surface area contributed by atoms with Crippen molar-refractivity contribution in [1.29, 1.82) is 0 Å². The summed E-state index contributed by atoms with van der Waals surface area (Å²) in [5, 5.41) is 2.87. The van der Waals surface area contributed by atoms with Crippen LogP contribution in [0.5, 0.6) is 0 Å². The highest BCUT2D eigenvalue weighted by atomic mass is 32.2. The van der Waals surface area contributed by atoms with Gasteiger partial charge in [-0.25, -0.2) is 13.1 Å². The van der Waals surface area contributed by atoms with Crippen LogP contribution < -0.4 is 21.5 Å². The van der Waals surface area contributed by atoms with Gasteiger partial charge < -0.3 is 16.8 Å². The van der Waals surface area contributed by atoms with Gasteiger partial charge >= 0.3 is 0 Å². The van der Waals surface area contributed by atoms with Crippen LogP contribution in [0, 0.1) is 0 Å². The third kappa shape index (κ3) is 3.90. The number of nitrogen functional groups attached to an aromatic ring is 1. The molecule has 18 heavy (non-hydrogen) atoms. The van der Waals surface area contributed by atoms with Crippen LogP contribution >= 0.6 is 0 Å². The predicted octanol–water partition coefficient (Wildman–Crippen LogP) is -0.671. The first-order valence-electron chi connectivity index (χ1n) is 5.20. The van der Waals surface area contributed by atoms with Crippen LogP contribution in [0.2, 0.25) is 0 Å². The smallest absolute Gasteiger partial charge is 0.248 e. The van der Waals surface area contributed by atoms with Gasteiger partial charge in [-0.05, 0) is 25.2 Å². The standard InChI is InChI=1S/C10H16N4O3S/c1-13-18(16,17)5-4-14-9-3-2-7(10(12)15)6-8(9)11/h2-3,6,13-14H,4-5,11H2,1H3,(H2,12,15). The Labute approximate surface area is 106 Å². The first-order chi connectivity index (χ1) is 8.35. The Morgan fingerprint density at radius 3 is 2.56 bits per heavy atom. The zero-order valence-electron chi connectivity index (χ0n) is 9.93. The fraction of sp³-hybridized carbons (Fsp3) is 0.300. The topological polar surface area (TPSA) is 127 Å². The van der Waals surface area contributed by atoms with Crippen LogP contribution in [-0.4, -0.2) is 33.7 Å². The number of carbonyl (C=O) groups is 1.